The minimum Gasteiger partial charge on any atom is -0.485 e. The maximum atomic E-state index is 12.8. The molecule has 0 amide bonds. The van der Waals surface area contributed by atoms with Crippen molar-refractivity contribution in [2.45, 2.75) is 84.3 Å². The maximum absolute atomic E-state index is 12.8. The number of nitrogens with one attached hydrogen (secondary N) is 1. The first-order chi connectivity index (χ1) is 23.3. The molecule has 1 aromatic rings. The predicted molar refractivity (Wildman–Crippen MR) is 186 cm³/mol. The molecule has 5 aliphatic rings. The Morgan fingerprint density at radius 1 is 1.16 bits per heavy atom. The third-order valence-electron chi connectivity index (χ3n) is 11.1. The van der Waals surface area contributed by atoms with Gasteiger partial charge in [0.25, 0.3) is 5.97 Å². The van der Waals surface area contributed by atoms with Gasteiger partial charge in [-0.25, -0.2) is 4.57 Å². The highest BCUT2D eigenvalue weighted by molar-refractivity contribution is 7.46. The number of fused-ring (bicyclic) bond motifs is 5. The van der Waals surface area contributed by atoms with Crippen LogP contribution in [0, 0.1) is 28.6 Å². The Hall–Kier alpha value is -3.19. The Labute approximate surface area is 293 Å². The molecule has 0 bridgehead atoms. The van der Waals surface area contributed by atoms with E-state index in [1.54, 1.807) is 19.1 Å². The lowest BCUT2D eigenvalue weighted by Crippen LogP contribution is -2.61. The van der Waals surface area contributed by atoms with E-state index < -0.39 is 48.7 Å². The number of phosphoric ester groups is 1. The van der Waals surface area contributed by atoms with Crippen molar-refractivity contribution >= 4 is 31.2 Å². The highest BCUT2D eigenvalue weighted by atomic mass is 31.2. The number of amidine groups is 1. The standard InChI is InChI=1S/C21H29O8P.C13H18N2O.C2H4O2/c1-19-7-5-13(22)9-12(19)3-4-14-15-6-8-21(25,17(24)11-29-30(26,27)28)20(15,2)10-16(23)18(14)19;1-10(2)11-5-3-4-6-12(11)16-9-13-14-7-8-15-13;1-2(3)4/h5,7,9,14-16,18,23,25H,3-4,6,8,10-11H2,1-2H3,(H2,26,27,28);3-6,10H,7-9H2,1-2H3,(H,14,15);1H3,(H,3,4)/t14-,15-,16-,18+,19-,20-,21-;;/m0../s1. The molecule has 3 saturated carbocycles. The molecule has 0 aromatic heterocycles. The minimum absolute atomic E-state index is 0.0284. The van der Waals surface area contributed by atoms with Gasteiger partial charge >= 0.3 is 7.82 Å². The van der Waals surface area contributed by atoms with Gasteiger partial charge in [-0.05, 0) is 73.6 Å². The second-order valence-corrected chi connectivity index (χ2v) is 15.8. The highest BCUT2D eigenvalue weighted by Crippen LogP contribution is 2.67. The van der Waals surface area contributed by atoms with Crippen LogP contribution in [-0.4, -0.2) is 86.5 Å². The van der Waals surface area contributed by atoms with Crippen LogP contribution < -0.4 is 10.1 Å². The van der Waals surface area contributed by atoms with Crippen molar-refractivity contribution in [2.75, 3.05) is 26.3 Å². The monoisotopic (exact) mass is 718 g/mol. The third kappa shape index (κ3) is 8.46. The molecule has 1 heterocycles. The molecule has 14 heteroatoms. The number of Topliss-reactive ketones (excluding diaryl/α,β-unsaturated/α-hetero) is 1. The summed E-state index contributed by atoms with van der Waals surface area (Å²) in [7, 11) is -4.84. The Morgan fingerprint density at radius 3 is 2.46 bits per heavy atom. The smallest absolute Gasteiger partial charge is 0.470 e. The number of carboxylic acids is 1. The van der Waals surface area contributed by atoms with Crippen molar-refractivity contribution in [1.82, 2.24) is 5.32 Å². The lowest BCUT2D eigenvalue weighted by molar-refractivity contribution is -0.178. The highest BCUT2D eigenvalue weighted by Gasteiger charge is 2.68. The molecule has 7 atom stereocenters. The number of aliphatic imine (C=N–C) groups is 1. The van der Waals surface area contributed by atoms with Crippen molar-refractivity contribution in [3.63, 3.8) is 0 Å². The summed E-state index contributed by atoms with van der Waals surface area (Å²) in [6.45, 7) is 10.8. The first-order valence-electron chi connectivity index (χ1n) is 17.1. The second kappa shape index (κ2) is 15.6. The molecule has 0 unspecified atom stereocenters. The number of rotatable bonds is 8. The van der Waals surface area contributed by atoms with E-state index in [1.165, 1.54) is 5.56 Å². The molecular weight excluding hydrogens is 667 g/mol. The number of carbonyl (C=O) groups is 3. The second-order valence-electron chi connectivity index (χ2n) is 14.6. The minimum atomic E-state index is -4.84. The van der Waals surface area contributed by atoms with Crippen LogP contribution >= 0.6 is 7.82 Å². The molecule has 50 heavy (non-hydrogen) atoms. The van der Waals surface area contributed by atoms with E-state index in [1.807, 2.05) is 31.2 Å². The number of allylic oxidation sites excluding steroid dienone is 4. The molecule has 0 radical (unpaired) electrons. The number of carbonyl (C=O) groups excluding carboxylic acids is 2. The lowest BCUT2D eigenvalue weighted by Gasteiger charge is -2.59. The summed E-state index contributed by atoms with van der Waals surface area (Å²) in [6, 6.07) is 8.19. The number of aliphatic hydroxyl groups excluding tert-OH is 1. The molecule has 6 N–H and O–H groups in total. The molecule has 1 aliphatic heterocycles. The van der Waals surface area contributed by atoms with Crippen molar-refractivity contribution in [3.05, 3.63) is 53.6 Å². The number of para-hydroxylation sites is 1. The molecule has 3 fully saturated rings. The van der Waals surface area contributed by atoms with E-state index in [4.69, 9.17) is 24.4 Å². The first kappa shape index (κ1) is 39.6. The molecular formula is C36H51N2O11P. The Kier molecular flexibility index (Phi) is 12.3. The van der Waals surface area contributed by atoms with E-state index in [2.05, 4.69) is 34.7 Å². The van der Waals surface area contributed by atoms with Crippen LogP contribution in [0.5, 0.6) is 5.75 Å². The molecule has 13 nitrogen and oxygen atoms in total. The Morgan fingerprint density at radius 2 is 1.84 bits per heavy atom. The van der Waals surface area contributed by atoms with Crippen LogP contribution in [0.25, 0.3) is 0 Å². The molecule has 6 rings (SSSR count). The maximum Gasteiger partial charge on any atom is 0.470 e. The fraction of sp³-hybridized carbons (Fsp3) is 0.611. The Balaban J connectivity index is 0.000000235. The van der Waals surface area contributed by atoms with Gasteiger partial charge in [-0.3, -0.25) is 23.9 Å². The summed E-state index contributed by atoms with van der Waals surface area (Å²) in [4.78, 5) is 55.8. The number of nitrogens with zero attached hydrogens (tertiary/aromatic N) is 1. The molecule has 1 aromatic carbocycles. The van der Waals surface area contributed by atoms with E-state index in [-0.39, 0.29) is 36.4 Å². The quantitative estimate of drug-likeness (QED) is 0.211. The van der Waals surface area contributed by atoms with Gasteiger partial charge in [-0.2, -0.15) is 0 Å². The number of phosphoric acid groups is 1. The summed E-state index contributed by atoms with van der Waals surface area (Å²) in [6.07, 6.45) is 6.76. The number of benzene rings is 1. The number of hydrogen-bond acceptors (Lipinski definition) is 10. The van der Waals surface area contributed by atoms with Crippen molar-refractivity contribution in [1.29, 1.82) is 0 Å². The zero-order valence-corrected chi connectivity index (χ0v) is 30.3. The van der Waals surface area contributed by atoms with Crippen molar-refractivity contribution in [2.24, 2.45) is 33.6 Å². The number of ketones is 2. The molecule has 0 spiro atoms. The SMILES string of the molecule is CC(=O)O.CC(C)c1ccccc1OCC1=NCCN1.C[C@]12C=CC(=O)C=C1CC[C@@H]1[C@@H]2[C@@H](O)C[C@@]2(C)[C@H]1CC[C@]2(O)C(=O)COP(=O)(O)O. The van der Waals surface area contributed by atoms with Gasteiger partial charge < -0.3 is 35.2 Å². The van der Waals surface area contributed by atoms with Gasteiger partial charge in [0.15, 0.2) is 11.6 Å². The van der Waals surface area contributed by atoms with Crippen molar-refractivity contribution in [3.8, 4) is 5.75 Å². The zero-order chi connectivity index (χ0) is 37.1. The van der Waals surface area contributed by atoms with Crippen LogP contribution in [0.15, 0.2) is 53.1 Å². The summed E-state index contributed by atoms with van der Waals surface area (Å²) in [5.41, 5.74) is -0.895. The number of ether oxygens (including phenoxy) is 1. The van der Waals surface area contributed by atoms with Gasteiger partial charge in [0.2, 0.25) is 0 Å². The fourth-order valence-electron chi connectivity index (χ4n) is 8.83. The van der Waals surface area contributed by atoms with Crippen LogP contribution in [-0.2, 0) is 23.5 Å². The molecule has 0 saturated heterocycles. The van der Waals surface area contributed by atoms with Crippen LogP contribution in [0.1, 0.15) is 78.2 Å². The van der Waals surface area contributed by atoms with Crippen LogP contribution in [0.3, 0.4) is 0 Å². The number of aliphatic carboxylic acids is 1. The summed E-state index contributed by atoms with van der Waals surface area (Å²) < 4.78 is 21.2. The van der Waals surface area contributed by atoms with E-state index >= 15 is 0 Å². The normalized spacial score (nSPS) is 32.5. The largest absolute Gasteiger partial charge is 0.485 e. The number of carboxylic acid groups (broad SMARTS) is 1. The predicted octanol–water partition coefficient (Wildman–Crippen LogP) is 3.96. The summed E-state index contributed by atoms with van der Waals surface area (Å²) in [5, 5.41) is 33.2. The average Bonchev–Trinajstić information content (AvgIpc) is 3.65. The number of hydrogen-bond donors (Lipinski definition) is 6. The number of aliphatic hydroxyl groups is 2. The summed E-state index contributed by atoms with van der Waals surface area (Å²) in [5.74, 6) is 0.683. The van der Waals surface area contributed by atoms with Gasteiger partial charge in [0.05, 0.1) is 12.6 Å². The van der Waals surface area contributed by atoms with Gasteiger partial charge in [-0.15, -0.1) is 0 Å². The van der Waals surface area contributed by atoms with E-state index in [0.717, 1.165) is 50.0 Å². The topological polar surface area (TPSA) is 212 Å². The van der Waals surface area contributed by atoms with Gasteiger partial charge in [0, 0.05) is 30.2 Å². The zero-order valence-electron chi connectivity index (χ0n) is 29.4. The Bertz CT molecular complexity index is 1580. The van der Waals surface area contributed by atoms with E-state index in [9.17, 15) is 24.4 Å². The van der Waals surface area contributed by atoms with E-state index in [0.29, 0.717) is 18.9 Å². The van der Waals surface area contributed by atoms with Gasteiger partial charge in [0.1, 0.15) is 30.4 Å². The lowest BCUT2D eigenvalue weighted by atomic mass is 9.46. The third-order valence-corrected chi connectivity index (χ3v) is 11.6. The fourth-order valence-corrected chi connectivity index (χ4v) is 9.11. The summed E-state index contributed by atoms with van der Waals surface area (Å²) >= 11 is 0. The van der Waals surface area contributed by atoms with Crippen LogP contribution in [0.2, 0.25) is 0 Å². The average molecular weight is 719 g/mol. The molecule has 4 aliphatic carbocycles. The van der Waals surface area contributed by atoms with Crippen LogP contribution in [0.4, 0.5) is 0 Å². The molecule has 276 valence electrons. The van der Waals surface area contributed by atoms with Gasteiger partial charge in [-0.1, -0.05) is 57.5 Å². The van der Waals surface area contributed by atoms with Crippen molar-refractivity contribution < 1.29 is 53.3 Å². The first-order valence-corrected chi connectivity index (χ1v) is 18.6.